The van der Waals surface area contributed by atoms with Crippen molar-refractivity contribution >= 4 is 37.1 Å². The predicted octanol–water partition coefficient (Wildman–Crippen LogP) is 8.67. The SMILES string of the molecule is CO[C@H](/C=C(\C)[C@@H]1O[C@H]1COS(=O)(=O)c1ccc(C)cc1)[C@@H](C)[C@H](O[Si](C)(C)C(C)(C)C)[C@H](C)CO[Si](c1ccccc1)(c1ccccc1)C(C)(C)C. The first kappa shape index (κ1) is 43.3. The van der Waals surface area contributed by atoms with E-state index >= 15 is 0 Å². The normalized spacial score (nSPS) is 19.8. The van der Waals surface area contributed by atoms with E-state index in [2.05, 4.69) is 135 Å². The molecule has 0 radical (unpaired) electrons. The van der Waals surface area contributed by atoms with E-state index in [4.69, 9.17) is 22.5 Å². The maximum absolute atomic E-state index is 12.8. The maximum atomic E-state index is 12.8. The first-order valence-corrected chi connectivity index (χ1v) is 25.1. The Hall–Kier alpha value is -2.42. The third-order valence-corrected chi connectivity index (χ3v) is 22.0. The van der Waals surface area contributed by atoms with Crippen molar-refractivity contribution in [2.45, 2.75) is 122 Å². The molecule has 1 aliphatic rings. The molecule has 1 saturated heterocycles. The average Bonchev–Trinajstić information content (AvgIpc) is 3.89. The van der Waals surface area contributed by atoms with Gasteiger partial charge in [-0.2, -0.15) is 8.42 Å². The van der Waals surface area contributed by atoms with Crippen LogP contribution in [-0.2, 0) is 32.6 Å². The first-order valence-electron chi connectivity index (χ1n) is 18.9. The third kappa shape index (κ3) is 10.3. The maximum Gasteiger partial charge on any atom is 0.297 e. The van der Waals surface area contributed by atoms with Crippen LogP contribution in [0.15, 0.2) is 101 Å². The standard InChI is InChI=1S/C43H64O7SSi2/c1-31-24-26-35(27-25-31)51(44,45)47-30-39-41(49-39)32(2)28-38(46-11)34(4)40(50-52(12,13)42(5,6)7)33(3)29-48-53(43(8,9)10,36-20-16-14-17-21-36)37-22-18-15-19-23-37/h14-28,33-34,38-41H,29-30H2,1-13H3/b32-28+/t33-,34-,38-,39+,40-,41+/m1/s1. The summed E-state index contributed by atoms with van der Waals surface area (Å²) >= 11 is 0. The first-order chi connectivity index (χ1) is 24.6. The van der Waals surface area contributed by atoms with Gasteiger partial charge in [-0.05, 0) is 65.1 Å². The van der Waals surface area contributed by atoms with Crippen LogP contribution in [-0.4, -0.2) is 69.8 Å². The van der Waals surface area contributed by atoms with Crippen molar-refractivity contribution in [1.29, 1.82) is 0 Å². The summed E-state index contributed by atoms with van der Waals surface area (Å²) < 4.78 is 57.9. The van der Waals surface area contributed by atoms with E-state index in [0.29, 0.717) is 6.61 Å². The summed E-state index contributed by atoms with van der Waals surface area (Å²) in [6.07, 6.45) is 1.08. The van der Waals surface area contributed by atoms with Crippen LogP contribution in [0.25, 0.3) is 0 Å². The zero-order valence-electron chi connectivity index (χ0n) is 34.3. The fourth-order valence-electron chi connectivity index (χ4n) is 6.95. The highest BCUT2D eigenvalue weighted by atomic mass is 32.2. The molecule has 3 aromatic carbocycles. The summed E-state index contributed by atoms with van der Waals surface area (Å²) in [7, 11) is -7.14. The molecule has 4 rings (SSSR count). The Kier molecular flexibility index (Phi) is 14.0. The molecule has 0 aliphatic carbocycles. The van der Waals surface area contributed by atoms with Crippen molar-refractivity contribution in [2.24, 2.45) is 11.8 Å². The lowest BCUT2D eigenvalue weighted by atomic mass is 9.88. The van der Waals surface area contributed by atoms with Crippen LogP contribution in [0.2, 0.25) is 23.2 Å². The molecular formula is C43H64O7SSi2. The van der Waals surface area contributed by atoms with E-state index in [0.717, 1.165) is 11.1 Å². The Morgan fingerprint density at radius 1 is 0.849 bits per heavy atom. The van der Waals surface area contributed by atoms with Crippen LogP contribution < -0.4 is 10.4 Å². The summed E-state index contributed by atoms with van der Waals surface area (Å²) in [6.45, 7) is 27.2. The Balaban J connectivity index is 1.58. The van der Waals surface area contributed by atoms with Gasteiger partial charge in [0.2, 0.25) is 0 Å². The molecule has 0 N–H and O–H groups in total. The van der Waals surface area contributed by atoms with Gasteiger partial charge in [0.05, 0.1) is 23.7 Å². The number of methoxy groups -OCH3 is 1. The van der Waals surface area contributed by atoms with E-state index in [1.54, 1.807) is 31.4 Å². The smallest absolute Gasteiger partial charge is 0.297 e. The van der Waals surface area contributed by atoms with Gasteiger partial charge in [0.15, 0.2) is 8.32 Å². The molecule has 0 amide bonds. The lowest BCUT2D eigenvalue weighted by molar-refractivity contribution is -0.0104. The molecule has 1 fully saturated rings. The number of ether oxygens (including phenoxy) is 2. The van der Waals surface area contributed by atoms with Gasteiger partial charge in [-0.25, -0.2) is 0 Å². The van der Waals surface area contributed by atoms with Gasteiger partial charge in [-0.1, -0.05) is 140 Å². The minimum Gasteiger partial charge on any atom is -0.413 e. The minimum absolute atomic E-state index is 0.00581. The summed E-state index contributed by atoms with van der Waals surface area (Å²) in [5.41, 5.74) is 1.96. The largest absolute Gasteiger partial charge is 0.413 e. The number of benzene rings is 3. The Morgan fingerprint density at radius 2 is 1.38 bits per heavy atom. The van der Waals surface area contributed by atoms with E-state index < -0.39 is 26.8 Å². The monoisotopic (exact) mass is 780 g/mol. The summed E-state index contributed by atoms with van der Waals surface area (Å²) in [6, 6.07) is 28.2. The molecular weight excluding hydrogens is 717 g/mol. The zero-order chi connectivity index (χ0) is 39.4. The fourth-order valence-corrected chi connectivity index (χ4v) is 14.0. The number of hydrogen-bond donors (Lipinski definition) is 0. The van der Waals surface area contributed by atoms with Gasteiger partial charge in [0, 0.05) is 25.6 Å². The van der Waals surface area contributed by atoms with E-state index in [9.17, 15) is 8.42 Å². The highest BCUT2D eigenvalue weighted by molar-refractivity contribution is 7.86. The molecule has 0 bridgehead atoms. The molecule has 53 heavy (non-hydrogen) atoms. The van der Waals surface area contributed by atoms with Gasteiger partial charge in [-0.15, -0.1) is 0 Å². The van der Waals surface area contributed by atoms with Crippen LogP contribution in [0.3, 0.4) is 0 Å². The fraction of sp³-hybridized carbons (Fsp3) is 0.535. The molecule has 0 spiro atoms. The van der Waals surface area contributed by atoms with Crippen LogP contribution in [0.4, 0.5) is 0 Å². The third-order valence-electron chi connectivity index (χ3n) is 11.2. The lowest BCUT2D eigenvalue weighted by Crippen LogP contribution is -2.67. The second-order valence-electron chi connectivity index (χ2n) is 17.4. The topological polar surface area (TPSA) is 83.6 Å². The zero-order valence-corrected chi connectivity index (χ0v) is 37.1. The predicted molar refractivity (Wildman–Crippen MR) is 222 cm³/mol. The molecule has 1 heterocycles. The van der Waals surface area contributed by atoms with Crippen LogP contribution in [0.5, 0.6) is 0 Å². The molecule has 0 unspecified atom stereocenters. The molecule has 6 atom stereocenters. The van der Waals surface area contributed by atoms with E-state index in [1.165, 1.54) is 10.4 Å². The summed E-state index contributed by atoms with van der Waals surface area (Å²) in [4.78, 5) is 0.140. The second-order valence-corrected chi connectivity index (χ2v) is 28.1. The van der Waals surface area contributed by atoms with Gasteiger partial charge < -0.3 is 18.3 Å². The van der Waals surface area contributed by atoms with Gasteiger partial charge in [0.25, 0.3) is 18.4 Å². The van der Waals surface area contributed by atoms with Crippen molar-refractivity contribution in [3.63, 3.8) is 0 Å². The van der Waals surface area contributed by atoms with Crippen molar-refractivity contribution in [2.75, 3.05) is 20.3 Å². The average molecular weight is 781 g/mol. The quantitative estimate of drug-likeness (QED) is 0.0587. The summed E-state index contributed by atoms with van der Waals surface area (Å²) in [5.74, 6) is 0.00892. The van der Waals surface area contributed by atoms with Crippen LogP contribution in [0.1, 0.15) is 67.9 Å². The molecule has 7 nitrogen and oxygen atoms in total. The van der Waals surface area contributed by atoms with Gasteiger partial charge in [-0.3, -0.25) is 4.18 Å². The molecule has 292 valence electrons. The highest BCUT2D eigenvalue weighted by Crippen LogP contribution is 2.42. The molecule has 3 aromatic rings. The highest BCUT2D eigenvalue weighted by Gasteiger charge is 2.51. The van der Waals surface area contributed by atoms with Crippen molar-refractivity contribution in [1.82, 2.24) is 0 Å². The van der Waals surface area contributed by atoms with E-state index in [1.807, 2.05) is 13.8 Å². The summed E-state index contributed by atoms with van der Waals surface area (Å²) in [5, 5.41) is 2.37. The molecule has 0 aromatic heterocycles. The Morgan fingerprint density at radius 3 is 1.85 bits per heavy atom. The number of rotatable bonds is 17. The van der Waals surface area contributed by atoms with Crippen molar-refractivity contribution in [3.8, 4) is 0 Å². The second kappa shape index (κ2) is 17.2. The van der Waals surface area contributed by atoms with Gasteiger partial charge in [0.1, 0.15) is 12.2 Å². The number of hydrogen-bond acceptors (Lipinski definition) is 7. The molecule has 1 aliphatic heterocycles. The Labute approximate surface area is 322 Å². The lowest BCUT2D eigenvalue weighted by Gasteiger charge is -2.46. The van der Waals surface area contributed by atoms with Gasteiger partial charge >= 0.3 is 0 Å². The number of aryl methyl sites for hydroxylation is 1. The van der Waals surface area contributed by atoms with E-state index in [-0.39, 0.29) is 57.8 Å². The van der Waals surface area contributed by atoms with Crippen LogP contribution in [0, 0.1) is 18.8 Å². The molecule has 0 saturated carbocycles. The molecule has 10 heteroatoms. The van der Waals surface area contributed by atoms with Crippen molar-refractivity contribution in [3.05, 3.63) is 102 Å². The van der Waals surface area contributed by atoms with Crippen molar-refractivity contribution < 1.29 is 30.9 Å². The van der Waals surface area contributed by atoms with Crippen LogP contribution >= 0.6 is 0 Å². The minimum atomic E-state index is -3.88. The number of epoxide rings is 1. The Bertz CT molecular complexity index is 1710.